The lowest BCUT2D eigenvalue weighted by molar-refractivity contribution is -0.199. The van der Waals surface area contributed by atoms with E-state index in [0.717, 1.165) is 28.3 Å². The second kappa shape index (κ2) is 13.1. The van der Waals surface area contributed by atoms with Crippen molar-refractivity contribution in [1.29, 1.82) is 0 Å². The summed E-state index contributed by atoms with van der Waals surface area (Å²) in [6, 6.07) is 3.75. The SMILES string of the molecule is Cc1c(C[C@H](Sc2nnc(N)s2)B2OC3CC4CC(C4(C)C)[C@]3(C)O2)ccc(OCCNC(=O)OC(C)(C)C)c1C(=O)OC(C)(C)C. The van der Waals surface area contributed by atoms with Crippen LogP contribution in [0.4, 0.5) is 9.93 Å². The number of nitrogens with two attached hydrogens (primary N) is 1. The lowest BCUT2D eigenvalue weighted by atomic mass is 9.43. The summed E-state index contributed by atoms with van der Waals surface area (Å²) >= 11 is 2.87. The molecule has 4 fully saturated rings. The summed E-state index contributed by atoms with van der Waals surface area (Å²) in [6.07, 6.45) is 2.16. The Morgan fingerprint density at radius 1 is 1.13 bits per heavy atom. The third-order valence-electron chi connectivity index (χ3n) is 9.54. The fraction of sp³-hybridized carbons (Fsp3) is 0.697. The minimum atomic E-state index is -0.711. The Bertz CT molecular complexity index is 1490. The van der Waals surface area contributed by atoms with Crippen LogP contribution in [0, 0.1) is 24.2 Å². The molecule has 3 unspecified atom stereocenters. The molecule has 5 atom stereocenters. The minimum absolute atomic E-state index is 0.0235. The number of nitrogen functional groups attached to an aromatic ring is 1. The predicted molar refractivity (Wildman–Crippen MR) is 184 cm³/mol. The van der Waals surface area contributed by atoms with Crippen molar-refractivity contribution in [2.75, 3.05) is 18.9 Å². The average molecular weight is 689 g/mol. The number of hydrogen-bond donors (Lipinski definition) is 2. The van der Waals surface area contributed by atoms with Gasteiger partial charge in [0.15, 0.2) is 4.34 Å². The second-order valence-corrected chi connectivity index (χ2v) is 18.1. The van der Waals surface area contributed by atoms with Crippen molar-refractivity contribution in [2.45, 2.75) is 121 Å². The number of nitrogens with one attached hydrogen (secondary N) is 1. The molecular weight excluding hydrogens is 639 g/mol. The minimum Gasteiger partial charge on any atom is -0.491 e. The van der Waals surface area contributed by atoms with Crippen LogP contribution >= 0.6 is 23.1 Å². The van der Waals surface area contributed by atoms with Crippen LogP contribution < -0.4 is 15.8 Å². The van der Waals surface area contributed by atoms with E-state index in [2.05, 4.69) is 36.3 Å². The Labute approximate surface area is 286 Å². The van der Waals surface area contributed by atoms with Gasteiger partial charge in [0.25, 0.3) is 0 Å². The van der Waals surface area contributed by atoms with Crippen LogP contribution in [0.1, 0.15) is 96.6 Å². The maximum atomic E-state index is 13.6. The Balaban J connectivity index is 1.39. The maximum absolute atomic E-state index is 13.6. The summed E-state index contributed by atoms with van der Waals surface area (Å²) < 4.78 is 31.5. The van der Waals surface area contributed by atoms with Crippen LogP contribution in [-0.2, 0) is 25.2 Å². The van der Waals surface area contributed by atoms with Crippen LogP contribution in [0.2, 0.25) is 0 Å². The monoisotopic (exact) mass is 688 g/mol. The fourth-order valence-corrected chi connectivity index (χ4v) is 9.15. The van der Waals surface area contributed by atoms with Crippen LogP contribution in [0.5, 0.6) is 5.75 Å². The number of ether oxygens (including phenoxy) is 3. The smallest absolute Gasteiger partial charge is 0.472 e. The zero-order valence-corrected chi connectivity index (χ0v) is 30.9. The van der Waals surface area contributed by atoms with Crippen molar-refractivity contribution in [1.82, 2.24) is 15.5 Å². The molecule has 2 heterocycles. The van der Waals surface area contributed by atoms with E-state index >= 15 is 0 Å². The first kappa shape index (κ1) is 35.8. The van der Waals surface area contributed by atoms with Crippen molar-refractivity contribution in [3.05, 3.63) is 28.8 Å². The van der Waals surface area contributed by atoms with Crippen molar-refractivity contribution in [2.24, 2.45) is 17.3 Å². The molecule has 0 radical (unpaired) electrons. The van der Waals surface area contributed by atoms with Gasteiger partial charge in [-0.15, -0.1) is 10.2 Å². The summed E-state index contributed by atoms with van der Waals surface area (Å²) in [6.45, 7) is 20.0. The number of carbonyl (C=O) groups is 2. The number of benzene rings is 1. The third kappa shape index (κ3) is 7.86. The average Bonchev–Trinajstić information content (AvgIpc) is 3.51. The molecule has 1 amide bonds. The predicted octanol–water partition coefficient (Wildman–Crippen LogP) is 6.26. The van der Waals surface area contributed by atoms with Crippen molar-refractivity contribution < 1.29 is 33.1 Å². The van der Waals surface area contributed by atoms with E-state index in [4.69, 9.17) is 29.3 Å². The number of hydrogen-bond acceptors (Lipinski definition) is 12. The summed E-state index contributed by atoms with van der Waals surface area (Å²) in [4.78, 5) is 25.7. The van der Waals surface area contributed by atoms with E-state index < -0.39 is 30.4 Å². The maximum Gasteiger partial charge on any atom is 0.472 e. The molecular formula is C33H49BN4O7S2. The highest BCUT2D eigenvalue weighted by atomic mass is 32.2. The molecule has 47 heavy (non-hydrogen) atoms. The van der Waals surface area contributed by atoms with Gasteiger partial charge in [0.1, 0.15) is 29.1 Å². The molecule has 1 saturated heterocycles. The molecule has 11 nitrogen and oxygen atoms in total. The van der Waals surface area contributed by atoms with Gasteiger partial charge >= 0.3 is 19.2 Å². The van der Waals surface area contributed by atoms with E-state index in [1.54, 1.807) is 26.8 Å². The number of esters is 1. The number of rotatable bonds is 10. The number of thioether (sulfide) groups is 1. The Morgan fingerprint density at radius 2 is 1.83 bits per heavy atom. The first-order chi connectivity index (χ1) is 21.8. The van der Waals surface area contributed by atoms with Gasteiger partial charge in [-0.25, -0.2) is 9.59 Å². The van der Waals surface area contributed by atoms with Crippen LogP contribution in [-0.4, -0.2) is 70.6 Å². The number of aromatic nitrogens is 2. The standard InChI is InChI=1S/C33H49BN4O7S2/c1-18-19(11-12-21(25(18)26(39)42-30(2,3)4)41-14-13-36-28(40)43-31(5,6)7)15-24(46-29-38-37-27(35)47-29)34-44-23-17-20-16-22(32(20,8)9)33(23,10)45-34/h11-12,20,22-24H,13-17H2,1-10H3,(H2,35,37)(H,36,40)/t20?,22?,23?,24-,33-/m0/s1. The fourth-order valence-electron chi connectivity index (χ4n) is 7.15. The highest BCUT2D eigenvalue weighted by molar-refractivity contribution is 8.02. The molecule has 3 saturated carbocycles. The summed E-state index contributed by atoms with van der Waals surface area (Å²) in [5, 5.41) is 11.2. The van der Waals surface area contributed by atoms with E-state index in [-0.39, 0.29) is 35.4 Å². The second-order valence-electron chi connectivity index (χ2n) is 15.6. The lowest BCUT2D eigenvalue weighted by Gasteiger charge is -2.64. The molecule has 0 spiro atoms. The molecule has 2 aromatic rings. The number of nitrogens with zero attached hydrogens (tertiary/aromatic N) is 2. The highest BCUT2D eigenvalue weighted by Crippen LogP contribution is 2.66. The van der Waals surface area contributed by atoms with Gasteiger partial charge in [-0.3, -0.25) is 0 Å². The van der Waals surface area contributed by atoms with Crippen LogP contribution in [0.15, 0.2) is 16.5 Å². The number of anilines is 1. The van der Waals surface area contributed by atoms with E-state index in [9.17, 15) is 9.59 Å². The molecule has 258 valence electrons. The molecule has 1 aliphatic heterocycles. The van der Waals surface area contributed by atoms with Gasteiger partial charge in [-0.1, -0.05) is 43.0 Å². The molecule has 3 aliphatic carbocycles. The van der Waals surface area contributed by atoms with Gasteiger partial charge in [-0.2, -0.15) is 0 Å². The number of alkyl carbamates (subject to hydrolysis) is 1. The third-order valence-corrected chi connectivity index (χ3v) is 11.6. The van der Waals surface area contributed by atoms with Crippen LogP contribution in [0.25, 0.3) is 0 Å². The molecule has 1 aromatic carbocycles. The zero-order valence-electron chi connectivity index (χ0n) is 29.2. The van der Waals surface area contributed by atoms with E-state index in [1.165, 1.54) is 23.1 Å². The van der Waals surface area contributed by atoms with Crippen molar-refractivity contribution in [3.63, 3.8) is 0 Å². The Kier molecular flexibility index (Phi) is 9.93. The van der Waals surface area contributed by atoms with Crippen molar-refractivity contribution >= 4 is 47.4 Å². The Morgan fingerprint density at radius 3 is 2.45 bits per heavy atom. The quantitative estimate of drug-likeness (QED) is 0.126. The lowest BCUT2D eigenvalue weighted by Crippen LogP contribution is -2.65. The molecule has 6 rings (SSSR count). The molecule has 14 heteroatoms. The summed E-state index contributed by atoms with van der Waals surface area (Å²) in [7, 11) is -0.491. The van der Waals surface area contributed by atoms with Gasteiger partial charge in [0.2, 0.25) is 5.13 Å². The molecule has 2 bridgehead atoms. The number of carbonyl (C=O) groups excluding carboxylic acids is 2. The highest BCUT2D eigenvalue weighted by Gasteiger charge is 2.68. The summed E-state index contributed by atoms with van der Waals surface area (Å²) in [5.74, 6) is 0.948. The number of amides is 1. The van der Waals surface area contributed by atoms with Gasteiger partial charge in [0.05, 0.1) is 23.4 Å². The first-order valence-corrected chi connectivity index (χ1v) is 18.0. The van der Waals surface area contributed by atoms with E-state index in [0.29, 0.717) is 34.7 Å². The molecule has 4 aliphatic rings. The first-order valence-electron chi connectivity index (χ1n) is 16.3. The van der Waals surface area contributed by atoms with Gasteiger partial charge in [0, 0.05) is 0 Å². The van der Waals surface area contributed by atoms with Crippen molar-refractivity contribution in [3.8, 4) is 5.75 Å². The topological polar surface area (TPSA) is 144 Å². The van der Waals surface area contributed by atoms with E-state index in [1.807, 2.05) is 33.8 Å². The van der Waals surface area contributed by atoms with Gasteiger partial charge < -0.3 is 34.6 Å². The molecule has 1 aromatic heterocycles. The van der Waals surface area contributed by atoms with Crippen LogP contribution in [0.3, 0.4) is 0 Å². The van der Waals surface area contributed by atoms with Gasteiger partial charge in [-0.05, 0) is 109 Å². The molecule has 3 N–H and O–H groups in total. The summed E-state index contributed by atoms with van der Waals surface area (Å²) in [5.41, 5.74) is 6.48. The normalized spacial score (nSPS) is 25.4. The Hall–Kier alpha value is -2.55. The zero-order chi connectivity index (χ0) is 34.5. The largest absolute Gasteiger partial charge is 0.491 e.